The van der Waals surface area contributed by atoms with Crippen molar-refractivity contribution < 1.29 is 0 Å². The van der Waals surface area contributed by atoms with Gasteiger partial charge in [0.25, 0.3) is 0 Å². The first-order chi connectivity index (χ1) is 29.1. The molecule has 0 saturated carbocycles. The summed E-state index contributed by atoms with van der Waals surface area (Å²) in [4.78, 5) is 4.82. The minimum absolute atomic E-state index is 0.0515. The zero-order chi connectivity index (χ0) is 39.6. The van der Waals surface area contributed by atoms with E-state index in [1.165, 1.54) is 77.2 Å². The van der Waals surface area contributed by atoms with Crippen LogP contribution in [0.3, 0.4) is 0 Å². The molecule has 3 heteroatoms. The normalized spacial score (nSPS) is 15.4. The number of aromatic nitrogens is 1. The number of rotatable bonds is 8. The van der Waals surface area contributed by atoms with Crippen LogP contribution in [0.5, 0.6) is 0 Å². The second kappa shape index (κ2) is 14.1. The van der Waals surface area contributed by atoms with Crippen molar-refractivity contribution in [2.45, 2.75) is 38.6 Å². The summed E-state index contributed by atoms with van der Waals surface area (Å²) in [7, 11) is 0. The standard InChI is InChI=1S/C56H43N3/c1-3-16-48(57)53-45-23-12-13-27-49(45)59(56(53)40-26-15-34-58-35(40)2)39-30-28-36(29-31-39)41-32-33-47-52-42(41)24-14-25-46(52)54-50(37-17-6-4-7-18-37)43-21-10-11-22-44(43)51(55(47)54)38-19-8-5-9-20-38/h4-15,17-35,40,57H,3,16H2,1-2H3. The molecule has 1 N–H and O–H groups in total. The van der Waals surface area contributed by atoms with Crippen LogP contribution in [0.2, 0.25) is 0 Å². The Morgan fingerprint density at radius 3 is 1.78 bits per heavy atom. The molecule has 9 aromatic rings. The van der Waals surface area contributed by atoms with E-state index in [1.54, 1.807) is 0 Å². The van der Waals surface area contributed by atoms with Crippen LogP contribution in [0.25, 0.3) is 93.8 Å². The van der Waals surface area contributed by atoms with Gasteiger partial charge in [-0.3, -0.25) is 4.99 Å². The average molecular weight is 758 g/mol. The van der Waals surface area contributed by atoms with E-state index in [2.05, 4.69) is 194 Å². The van der Waals surface area contributed by atoms with E-state index >= 15 is 0 Å². The van der Waals surface area contributed by atoms with Gasteiger partial charge in [0, 0.05) is 40.2 Å². The van der Waals surface area contributed by atoms with Crippen LogP contribution < -0.4 is 0 Å². The third-order valence-corrected chi connectivity index (χ3v) is 12.6. The van der Waals surface area contributed by atoms with Gasteiger partial charge in [-0.15, -0.1) is 0 Å². The summed E-state index contributed by atoms with van der Waals surface area (Å²) in [6.45, 7) is 4.34. The topological polar surface area (TPSA) is 41.1 Å². The van der Waals surface area contributed by atoms with E-state index in [1.807, 2.05) is 6.21 Å². The van der Waals surface area contributed by atoms with Crippen LogP contribution in [-0.4, -0.2) is 22.5 Å². The Kier molecular flexibility index (Phi) is 8.37. The summed E-state index contributed by atoms with van der Waals surface area (Å²) in [6, 6.07) is 60.2. The van der Waals surface area contributed by atoms with Gasteiger partial charge in [0.15, 0.2) is 0 Å². The Morgan fingerprint density at radius 1 is 0.559 bits per heavy atom. The molecule has 1 aliphatic carbocycles. The van der Waals surface area contributed by atoms with E-state index in [0.717, 1.165) is 40.7 Å². The lowest BCUT2D eigenvalue weighted by molar-refractivity contribution is 0.636. The monoisotopic (exact) mass is 757 g/mol. The molecule has 2 atom stereocenters. The Labute approximate surface area is 345 Å². The number of hydrogen-bond donors (Lipinski definition) is 1. The first kappa shape index (κ1) is 35.1. The van der Waals surface area contributed by atoms with Gasteiger partial charge in [-0.1, -0.05) is 165 Å². The molecule has 0 bridgehead atoms. The molecule has 2 heterocycles. The Morgan fingerprint density at radius 2 is 1.14 bits per heavy atom. The Hall–Kier alpha value is -7.10. The zero-order valence-electron chi connectivity index (χ0n) is 33.3. The number of aliphatic imine (C=N–C) groups is 1. The molecule has 0 amide bonds. The smallest absolute Gasteiger partial charge is 0.0589 e. The minimum Gasteiger partial charge on any atom is -0.312 e. The van der Waals surface area contributed by atoms with Crippen LogP contribution in [0, 0.1) is 5.41 Å². The molecular weight excluding hydrogens is 715 g/mol. The number of allylic oxidation sites excluding steroid dienone is 1. The molecular formula is C56H43N3. The Balaban J connectivity index is 1.12. The van der Waals surface area contributed by atoms with Crippen molar-refractivity contribution in [1.82, 2.24) is 4.57 Å². The van der Waals surface area contributed by atoms with Crippen LogP contribution in [-0.2, 0) is 0 Å². The Bertz CT molecular complexity index is 3090. The highest BCUT2D eigenvalue weighted by atomic mass is 15.0. The number of nitrogens with zero attached hydrogens (tertiary/aromatic N) is 2. The van der Waals surface area contributed by atoms with Crippen molar-refractivity contribution in [3.05, 3.63) is 187 Å². The minimum atomic E-state index is 0.0515. The highest BCUT2D eigenvalue weighted by Crippen LogP contribution is 2.58. The van der Waals surface area contributed by atoms with Crippen LogP contribution in [0.15, 0.2) is 181 Å². The molecule has 11 rings (SSSR count). The second-order valence-corrected chi connectivity index (χ2v) is 16.0. The fraction of sp³-hybridized carbons (Fsp3) is 0.107. The largest absolute Gasteiger partial charge is 0.312 e. The fourth-order valence-corrected chi connectivity index (χ4v) is 10.1. The van der Waals surface area contributed by atoms with Gasteiger partial charge >= 0.3 is 0 Å². The van der Waals surface area contributed by atoms with Crippen molar-refractivity contribution in [2.24, 2.45) is 4.99 Å². The quantitative estimate of drug-likeness (QED) is 0.150. The summed E-state index contributed by atoms with van der Waals surface area (Å²) in [6.07, 6.45) is 7.89. The van der Waals surface area contributed by atoms with Gasteiger partial charge in [-0.2, -0.15) is 0 Å². The second-order valence-electron chi connectivity index (χ2n) is 16.0. The van der Waals surface area contributed by atoms with Gasteiger partial charge in [0.05, 0.1) is 11.6 Å². The molecule has 2 aliphatic rings. The van der Waals surface area contributed by atoms with Gasteiger partial charge < -0.3 is 9.98 Å². The fourth-order valence-electron chi connectivity index (χ4n) is 10.1. The molecule has 8 aromatic carbocycles. The number of hydrogen-bond acceptors (Lipinski definition) is 2. The predicted octanol–water partition coefficient (Wildman–Crippen LogP) is 14.9. The van der Waals surface area contributed by atoms with Crippen molar-refractivity contribution >= 4 is 44.4 Å². The van der Waals surface area contributed by atoms with E-state index in [0.29, 0.717) is 5.71 Å². The van der Waals surface area contributed by atoms with Crippen LogP contribution in [0.1, 0.15) is 43.9 Å². The number of para-hydroxylation sites is 1. The third-order valence-electron chi connectivity index (χ3n) is 12.6. The van der Waals surface area contributed by atoms with Crippen LogP contribution in [0.4, 0.5) is 0 Å². The number of nitrogens with one attached hydrogen (secondary N) is 1. The van der Waals surface area contributed by atoms with E-state index in [9.17, 15) is 5.41 Å². The first-order valence-corrected chi connectivity index (χ1v) is 20.9. The summed E-state index contributed by atoms with van der Waals surface area (Å²) in [5.74, 6) is 0.0515. The van der Waals surface area contributed by atoms with E-state index in [-0.39, 0.29) is 12.0 Å². The molecule has 0 saturated heterocycles. The lowest BCUT2D eigenvalue weighted by Crippen LogP contribution is -2.20. The number of dihydropyridines is 1. The average Bonchev–Trinajstić information content (AvgIpc) is 3.81. The lowest BCUT2D eigenvalue weighted by Gasteiger charge is -2.24. The molecule has 0 spiro atoms. The molecule has 2 unspecified atom stereocenters. The molecule has 0 radical (unpaired) electrons. The number of fused-ring (bicyclic) bond motifs is 5. The highest BCUT2D eigenvalue weighted by molar-refractivity contribution is 6.28. The number of benzene rings is 8. The summed E-state index contributed by atoms with van der Waals surface area (Å²) in [5, 5.41) is 15.6. The van der Waals surface area contributed by atoms with Gasteiger partial charge in [-0.05, 0) is 115 Å². The highest BCUT2D eigenvalue weighted by Gasteiger charge is 2.32. The zero-order valence-corrected chi connectivity index (χ0v) is 33.3. The first-order valence-electron chi connectivity index (χ1n) is 20.9. The van der Waals surface area contributed by atoms with E-state index in [4.69, 9.17) is 4.99 Å². The van der Waals surface area contributed by atoms with Gasteiger partial charge in [0.2, 0.25) is 0 Å². The van der Waals surface area contributed by atoms with Gasteiger partial charge in [-0.25, -0.2) is 0 Å². The maximum absolute atomic E-state index is 9.31. The van der Waals surface area contributed by atoms with Crippen LogP contribution >= 0.6 is 0 Å². The maximum Gasteiger partial charge on any atom is 0.0589 e. The summed E-state index contributed by atoms with van der Waals surface area (Å²) in [5.41, 5.74) is 17.8. The molecule has 0 fully saturated rings. The van der Waals surface area contributed by atoms with Gasteiger partial charge in [0.1, 0.15) is 0 Å². The van der Waals surface area contributed by atoms with Crippen molar-refractivity contribution in [3.63, 3.8) is 0 Å². The lowest BCUT2D eigenvalue weighted by atomic mass is 9.82. The van der Waals surface area contributed by atoms with Crippen molar-refractivity contribution in [2.75, 3.05) is 0 Å². The predicted molar refractivity (Wildman–Crippen MR) is 251 cm³/mol. The molecule has 282 valence electrons. The van der Waals surface area contributed by atoms with Crippen molar-refractivity contribution in [1.29, 1.82) is 5.41 Å². The summed E-state index contributed by atoms with van der Waals surface area (Å²) < 4.78 is 2.40. The molecule has 3 nitrogen and oxygen atoms in total. The van der Waals surface area contributed by atoms with E-state index < -0.39 is 0 Å². The molecule has 1 aromatic heterocycles. The van der Waals surface area contributed by atoms with Crippen molar-refractivity contribution in [3.8, 4) is 61.3 Å². The maximum atomic E-state index is 9.31. The SMILES string of the molecule is CCCC(=N)c1c(C2C=CC=NC2C)n(-c2ccc(-c3ccc4c5c(cccc35)-c3c-4c(-c4ccccc4)c4ccccc4c3-c3ccccc3)cc2)c2ccccc12. The molecule has 1 aliphatic heterocycles. The summed E-state index contributed by atoms with van der Waals surface area (Å²) >= 11 is 0. The molecule has 59 heavy (non-hydrogen) atoms. The third kappa shape index (κ3) is 5.42.